The van der Waals surface area contributed by atoms with Gasteiger partial charge in [-0.15, -0.1) is 11.3 Å². The molecule has 22 heavy (non-hydrogen) atoms. The first-order valence-corrected chi connectivity index (χ1v) is 7.67. The Hall–Kier alpha value is -2.18. The van der Waals surface area contributed by atoms with E-state index in [0.717, 1.165) is 11.1 Å². The number of thiophene rings is 1. The molecule has 1 heterocycles. The molecule has 2 rings (SSSR count). The number of ether oxygens (including phenoxy) is 1. The molecule has 6 heteroatoms. The smallest absolute Gasteiger partial charge is 0.326 e. The number of benzene rings is 1. The van der Waals surface area contributed by atoms with Crippen LogP contribution in [0.5, 0.6) is 0 Å². The summed E-state index contributed by atoms with van der Waals surface area (Å²) in [5, 5.41) is 13.5. The minimum atomic E-state index is -1.07. The Morgan fingerprint density at radius 1 is 1.27 bits per heavy atom. The Morgan fingerprint density at radius 2 is 2.00 bits per heavy atom. The number of carbonyl (C=O) groups is 2. The Balaban J connectivity index is 2.16. The SMILES string of the molecule is COCCC(NC(=O)c1sccc1-c1ccccc1)C(=O)O. The molecule has 0 bridgehead atoms. The van der Waals surface area contributed by atoms with Crippen LogP contribution in [0.3, 0.4) is 0 Å². The molecular formula is C16H17NO4S. The molecule has 1 unspecified atom stereocenters. The van der Waals surface area contributed by atoms with E-state index in [4.69, 9.17) is 9.84 Å². The summed E-state index contributed by atoms with van der Waals surface area (Å²) in [5.74, 6) is -1.44. The monoisotopic (exact) mass is 319 g/mol. The molecule has 1 aromatic carbocycles. The summed E-state index contributed by atoms with van der Waals surface area (Å²) >= 11 is 1.29. The van der Waals surface area contributed by atoms with Crippen LogP contribution in [0.4, 0.5) is 0 Å². The minimum Gasteiger partial charge on any atom is -0.480 e. The summed E-state index contributed by atoms with van der Waals surface area (Å²) < 4.78 is 4.88. The number of aliphatic carboxylic acids is 1. The zero-order chi connectivity index (χ0) is 15.9. The average molecular weight is 319 g/mol. The summed E-state index contributed by atoms with van der Waals surface area (Å²) in [4.78, 5) is 24.1. The highest BCUT2D eigenvalue weighted by Crippen LogP contribution is 2.28. The number of amides is 1. The Bertz CT molecular complexity index is 639. The van der Waals surface area contributed by atoms with E-state index in [9.17, 15) is 9.59 Å². The van der Waals surface area contributed by atoms with Gasteiger partial charge in [-0.25, -0.2) is 4.79 Å². The Kier molecular flexibility index (Phi) is 5.68. The fraction of sp³-hybridized carbons (Fsp3) is 0.250. The van der Waals surface area contributed by atoms with Crippen LogP contribution in [0.25, 0.3) is 11.1 Å². The van der Waals surface area contributed by atoms with Gasteiger partial charge in [0.25, 0.3) is 5.91 Å². The second kappa shape index (κ2) is 7.72. The van der Waals surface area contributed by atoms with Gasteiger partial charge in [0.05, 0.1) is 4.88 Å². The van der Waals surface area contributed by atoms with Crippen LogP contribution in [0.1, 0.15) is 16.1 Å². The first kappa shape index (κ1) is 16.2. The molecule has 2 aromatic rings. The summed E-state index contributed by atoms with van der Waals surface area (Å²) in [6.07, 6.45) is 0.226. The van der Waals surface area contributed by atoms with Gasteiger partial charge in [-0.2, -0.15) is 0 Å². The van der Waals surface area contributed by atoms with Crippen LogP contribution < -0.4 is 5.32 Å². The molecule has 0 aliphatic heterocycles. The van der Waals surface area contributed by atoms with Gasteiger partial charge in [0, 0.05) is 25.7 Å². The number of hydrogen-bond acceptors (Lipinski definition) is 4. The van der Waals surface area contributed by atoms with Gasteiger partial charge in [0.2, 0.25) is 0 Å². The predicted octanol–water partition coefficient (Wildman–Crippen LogP) is 2.63. The normalized spacial score (nSPS) is 11.9. The van der Waals surface area contributed by atoms with Gasteiger partial charge in [0.1, 0.15) is 6.04 Å². The quantitative estimate of drug-likeness (QED) is 0.822. The van der Waals surface area contributed by atoms with Gasteiger partial charge in [-0.05, 0) is 17.0 Å². The van der Waals surface area contributed by atoms with Crippen molar-refractivity contribution in [3.05, 3.63) is 46.7 Å². The molecule has 0 saturated heterocycles. The van der Waals surface area contributed by atoms with E-state index in [2.05, 4.69) is 5.32 Å². The fourth-order valence-corrected chi connectivity index (χ4v) is 2.87. The number of carbonyl (C=O) groups excluding carboxylic acids is 1. The lowest BCUT2D eigenvalue weighted by Crippen LogP contribution is -2.41. The predicted molar refractivity (Wildman–Crippen MR) is 85.1 cm³/mol. The number of carboxylic acids is 1. The molecule has 1 amide bonds. The van der Waals surface area contributed by atoms with Crippen LogP contribution in [-0.2, 0) is 9.53 Å². The number of hydrogen-bond donors (Lipinski definition) is 2. The van der Waals surface area contributed by atoms with Gasteiger partial charge < -0.3 is 15.2 Å². The highest BCUT2D eigenvalue weighted by atomic mass is 32.1. The van der Waals surface area contributed by atoms with Gasteiger partial charge in [-0.3, -0.25) is 4.79 Å². The lowest BCUT2D eigenvalue weighted by Gasteiger charge is -2.14. The van der Waals surface area contributed by atoms with Crippen LogP contribution >= 0.6 is 11.3 Å². The molecule has 1 aromatic heterocycles. The van der Waals surface area contributed by atoms with Gasteiger partial charge in [0.15, 0.2) is 0 Å². The standard InChI is InChI=1S/C16H17NO4S/c1-21-9-7-13(16(19)20)17-15(18)14-12(8-10-22-14)11-5-3-2-4-6-11/h2-6,8,10,13H,7,9H2,1H3,(H,17,18)(H,19,20). The molecule has 2 N–H and O–H groups in total. The van der Waals surface area contributed by atoms with Crippen molar-refractivity contribution in [1.82, 2.24) is 5.32 Å². The van der Waals surface area contributed by atoms with Crippen molar-refractivity contribution in [1.29, 1.82) is 0 Å². The molecule has 5 nitrogen and oxygen atoms in total. The van der Waals surface area contributed by atoms with Crippen LogP contribution in [-0.4, -0.2) is 36.7 Å². The van der Waals surface area contributed by atoms with E-state index >= 15 is 0 Å². The fourth-order valence-electron chi connectivity index (χ4n) is 2.05. The number of methoxy groups -OCH3 is 1. The van der Waals surface area contributed by atoms with E-state index in [-0.39, 0.29) is 18.9 Å². The highest BCUT2D eigenvalue weighted by molar-refractivity contribution is 7.12. The largest absolute Gasteiger partial charge is 0.480 e. The summed E-state index contributed by atoms with van der Waals surface area (Å²) in [5.41, 5.74) is 1.73. The minimum absolute atomic E-state index is 0.226. The summed E-state index contributed by atoms with van der Waals surface area (Å²) in [6, 6.07) is 10.4. The van der Waals surface area contributed by atoms with E-state index in [1.807, 2.05) is 41.8 Å². The Labute approximate surface area is 132 Å². The maximum absolute atomic E-state index is 12.4. The van der Waals surface area contributed by atoms with Crippen LogP contribution in [0, 0.1) is 0 Å². The Morgan fingerprint density at radius 3 is 2.64 bits per heavy atom. The van der Waals surface area contributed by atoms with Crippen molar-refractivity contribution in [2.75, 3.05) is 13.7 Å². The molecule has 0 aliphatic carbocycles. The number of rotatable bonds is 7. The second-order valence-corrected chi connectivity index (χ2v) is 5.59. The topological polar surface area (TPSA) is 75.6 Å². The zero-order valence-corrected chi connectivity index (χ0v) is 12.9. The van der Waals surface area contributed by atoms with E-state index < -0.39 is 12.0 Å². The maximum atomic E-state index is 12.4. The van der Waals surface area contributed by atoms with Crippen molar-refractivity contribution in [2.24, 2.45) is 0 Å². The first-order chi connectivity index (χ1) is 10.6. The molecule has 0 aliphatic rings. The lowest BCUT2D eigenvalue weighted by atomic mass is 10.1. The molecule has 0 spiro atoms. The first-order valence-electron chi connectivity index (χ1n) is 6.79. The third kappa shape index (κ3) is 3.93. The highest BCUT2D eigenvalue weighted by Gasteiger charge is 2.22. The lowest BCUT2D eigenvalue weighted by molar-refractivity contribution is -0.139. The second-order valence-electron chi connectivity index (χ2n) is 4.68. The molecule has 0 saturated carbocycles. The maximum Gasteiger partial charge on any atom is 0.326 e. The van der Waals surface area contributed by atoms with Crippen molar-refractivity contribution in [3.8, 4) is 11.1 Å². The molecule has 116 valence electrons. The van der Waals surface area contributed by atoms with Crippen molar-refractivity contribution >= 4 is 23.2 Å². The van der Waals surface area contributed by atoms with Crippen molar-refractivity contribution in [3.63, 3.8) is 0 Å². The third-order valence-corrected chi connectivity index (χ3v) is 4.08. The van der Waals surface area contributed by atoms with E-state index in [1.165, 1.54) is 18.4 Å². The number of carboxylic acid groups (broad SMARTS) is 1. The average Bonchev–Trinajstić information content (AvgIpc) is 3.01. The van der Waals surface area contributed by atoms with Crippen molar-refractivity contribution in [2.45, 2.75) is 12.5 Å². The molecule has 0 fully saturated rings. The van der Waals surface area contributed by atoms with Gasteiger partial charge >= 0.3 is 5.97 Å². The summed E-state index contributed by atoms with van der Waals surface area (Å²) in [6.45, 7) is 0.271. The van der Waals surface area contributed by atoms with E-state index in [1.54, 1.807) is 0 Å². The zero-order valence-electron chi connectivity index (χ0n) is 12.1. The van der Waals surface area contributed by atoms with E-state index in [0.29, 0.717) is 4.88 Å². The number of nitrogens with one attached hydrogen (secondary N) is 1. The van der Waals surface area contributed by atoms with Crippen molar-refractivity contribution < 1.29 is 19.4 Å². The third-order valence-electron chi connectivity index (χ3n) is 3.17. The molecule has 1 atom stereocenters. The van der Waals surface area contributed by atoms with Gasteiger partial charge in [-0.1, -0.05) is 30.3 Å². The molecular weight excluding hydrogens is 302 g/mol. The molecule has 0 radical (unpaired) electrons. The van der Waals surface area contributed by atoms with Crippen LogP contribution in [0.15, 0.2) is 41.8 Å². The van der Waals surface area contributed by atoms with Crippen LogP contribution in [0.2, 0.25) is 0 Å². The summed E-state index contributed by atoms with van der Waals surface area (Å²) in [7, 11) is 1.49.